The van der Waals surface area contributed by atoms with E-state index in [-0.39, 0.29) is 13.2 Å². The molecule has 1 aliphatic rings. The first-order chi connectivity index (χ1) is 63.6. The van der Waals surface area contributed by atoms with E-state index in [2.05, 4.69) is 166 Å². The molecule has 29 heteroatoms. The van der Waals surface area contributed by atoms with Crippen LogP contribution in [0.4, 0.5) is 5.82 Å². The molecule has 0 amide bonds. The lowest BCUT2D eigenvalue weighted by molar-refractivity contribution is 0.281. The molecule has 4 N–H and O–H groups in total. The predicted octanol–water partition coefficient (Wildman–Crippen LogP) is 22.1. The Hall–Kier alpha value is -14.6. The molecular weight excluding hydrogens is 1680 g/mol. The molecule has 0 bridgehead atoms. The normalized spacial score (nSPS) is 11.4. The molecule has 9 aromatic carbocycles. The maximum atomic E-state index is 9.25. The van der Waals surface area contributed by atoms with E-state index in [1.165, 1.54) is 48.8 Å². The molecule has 0 saturated carbocycles. The zero-order valence-electron chi connectivity index (χ0n) is 73.9. The first-order valence-corrected chi connectivity index (χ1v) is 44.4. The van der Waals surface area contributed by atoms with E-state index in [9.17, 15) is 5.11 Å². The van der Waals surface area contributed by atoms with Crippen molar-refractivity contribution in [1.82, 2.24) is 60.6 Å². The van der Waals surface area contributed by atoms with Gasteiger partial charge in [-0.25, -0.2) is 4.98 Å². The van der Waals surface area contributed by atoms with Gasteiger partial charge in [0, 0.05) is 79.3 Å². The second kappa shape index (κ2) is 45.2. The van der Waals surface area contributed by atoms with Crippen LogP contribution in [0.2, 0.25) is 0 Å². The molecule has 0 unspecified atom stereocenters. The average molecular weight is 1780 g/mol. The van der Waals surface area contributed by atoms with Gasteiger partial charge in [-0.1, -0.05) is 177 Å². The van der Waals surface area contributed by atoms with E-state index in [0.29, 0.717) is 139 Å². The molecule has 0 atom stereocenters. The summed E-state index contributed by atoms with van der Waals surface area (Å²) in [6.45, 7) is 21.1. The minimum atomic E-state index is -0.0326. The maximum absolute atomic E-state index is 9.25. The van der Waals surface area contributed by atoms with E-state index >= 15 is 0 Å². The SMILES string of the molecule is CCOc1ccc(-c2nc(-c3ccc(CCN(C)C)cc3)no2)cc1OCC.CCOc1ccc(-c2nc(-c3ccc(CO)cc3)no2)cc1OCC.CCOc1ccc(-c2nc(-c3cccc(CO)c3)no2)cc1OCC.Cc1sc(-c2nc(-c3ccc(C4=NCCC4)cc3)no2)cc1-c1ccccc1.Cc1sc(-c2nc(-c3ccnc(N)c3)no2)cc1-c1ccccc1. The van der Waals surface area contributed by atoms with Crippen LogP contribution in [0, 0.1) is 13.8 Å². The van der Waals surface area contributed by atoms with Crippen molar-refractivity contribution >= 4 is 34.2 Å². The summed E-state index contributed by atoms with van der Waals surface area (Å²) in [6.07, 6.45) is 4.85. The van der Waals surface area contributed by atoms with Crippen molar-refractivity contribution in [3.63, 3.8) is 0 Å². The van der Waals surface area contributed by atoms with E-state index in [0.717, 1.165) is 97.7 Å². The van der Waals surface area contributed by atoms with Gasteiger partial charge < -0.3 is 71.9 Å². The van der Waals surface area contributed by atoms with Crippen molar-refractivity contribution in [2.24, 2.45) is 4.99 Å². The number of aliphatic hydroxyl groups is 2. The van der Waals surface area contributed by atoms with E-state index < -0.39 is 0 Å². The number of nitrogens with two attached hydrogens (primary N) is 1. The molecule has 0 fully saturated rings. The number of pyridine rings is 1. The van der Waals surface area contributed by atoms with Crippen LogP contribution in [-0.4, -0.2) is 143 Å². The second-order valence-electron chi connectivity index (χ2n) is 29.5. The monoisotopic (exact) mass is 1780 g/mol. The molecule has 17 aromatic rings. The summed E-state index contributed by atoms with van der Waals surface area (Å²) in [5, 5.41) is 38.8. The highest BCUT2D eigenvalue weighted by Gasteiger charge is 2.23. The maximum Gasteiger partial charge on any atom is 0.268 e. The van der Waals surface area contributed by atoms with Crippen LogP contribution in [-0.2, 0) is 19.6 Å². The van der Waals surface area contributed by atoms with Crippen molar-refractivity contribution in [2.75, 3.05) is 72.6 Å². The standard InChI is InChI=1S/C23H19N3OS.C22H27N3O3.2C19H20N2O4.C18H14N4OS/c1-15-19(16-6-3-2-4-7-16)14-21(28-15)23-25-22(26-27-23)18-11-9-17(10-12-18)20-8-5-13-24-20;1-5-26-19-12-11-18(15-20(19)27-6-2)22-23-21(24-28-22)17-9-7-16(8-10-17)13-14-25(3)4;1-3-23-16-10-9-15(11-17(16)24-4-2)19-20-18(21-25-19)14-7-5-13(12-22)6-8-14;1-3-23-16-9-8-15(11-17(16)24-4-2)19-20-18(21-25-19)14-7-5-6-13(10-14)12-22;1-11-14(12-5-3-2-4-6-12)10-15(24-11)18-21-17(22-23-18)13-7-8-20-16(19)9-13/h2-4,6-7,9-12,14H,5,8,13H2,1H3;7-12,15H,5-6,13-14H2,1-4H3;2*5-11,22H,3-4,12H2,1-2H3;2-10H,1H3,(H2,19,20). The number of rotatable bonds is 30. The smallest absolute Gasteiger partial charge is 0.268 e. The third kappa shape index (κ3) is 23.8. The zero-order valence-corrected chi connectivity index (χ0v) is 75.5. The van der Waals surface area contributed by atoms with Gasteiger partial charge in [0.05, 0.1) is 62.6 Å². The predicted molar refractivity (Wildman–Crippen MR) is 506 cm³/mol. The third-order valence-corrected chi connectivity index (χ3v) is 22.2. The highest BCUT2D eigenvalue weighted by atomic mass is 32.1. The Balaban J connectivity index is 0.000000131. The highest BCUT2D eigenvalue weighted by molar-refractivity contribution is 7.16. The molecule has 0 spiro atoms. The molecule has 0 saturated heterocycles. The largest absolute Gasteiger partial charge is 0.490 e. The number of nitrogens with zero attached hydrogens (tertiary/aromatic N) is 13. The van der Waals surface area contributed by atoms with Crippen LogP contribution in [0.25, 0.3) is 135 Å². The number of aliphatic hydroxyl groups excluding tert-OH is 2. The van der Waals surface area contributed by atoms with Gasteiger partial charge in [-0.05, 0) is 218 Å². The molecule has 9 heterocycles. The fourth-order valence-electron chi connectivity index (χ4n) is 13.7. The first-order valence-electron chi connectivity index (χ1n) is 42.8. The van der Waals surface area contributed by atoms with Gasteiger partial charge in [0.2, 0.25) is 29.1 Å². The van der Waals surface area contributed by atoms with Crippen LogP contribution in [0.15, 0.2) is 270 Å². The van der Waals surface area contributed by atoms with Gasteiger partial charge in [-0.15, -0.1) is 22.7 Å². The van der Waals surface area contributed by atoms with Crippen LogP contribution < -0.4 is 34.2 Å². The Morgan fingerprint density at radius 1 is 0.354 bits per heavy atom. The van der Waals surface area contributed by atoms with Gasteiger partial charge in [-0.2, -0.15) is 24.9 Å². The lowest BCUT2D eigenvalue weighted by Crippen LogP contribution is -2.14. The number of aryl methyl sites for hydroxylation is 2. The molecule has 27 nitrogen and oxygen atoms in total. The summed E-state index contributed by atoms with van der Waals surface area (Å²) in [4.78, 5) is 37.7. The Morgan fingerprint density at radius 2 is 0.715 bits per heavy atom. The summed E-state index contributed by atoms with van der Waals surface area (Å²) in [5.74, 6) is 9.46. The van der Waals surface area contributed by atoms with Gasteiger partial charge in [-0.3, -0.25) is 4.99 Å². The number of anilines is 1. The Morgan fingerprint density at radius 3 is 1.11 bits per heavy atom. The number of benzene rings is 9. The number of thiophene rings is 2. The highest BCUT2D eigenvalue weighted by Crippen LogP contribution is 2.41. The van der Waals surface area contributed by atoms with E-state index in [4.69, 9.17) is 61.9 Å². The minimum Gasteiger partial charge on any atom is -0.490 e. The second-order valence-corrected chi connectivity index (χ2v) is 32.0. The first kappa shape index (κ1) is 91.6. The van der Waals surface area contributed by atoms with E-state index in [1.807, 2.05) is 193 Å². The Kier molecular flexibility index (Phi) is 31.8. The topological polar surface area (TPSA) is 345 Å². The zero-order chi connectivity index (χ0) is 90.7. The summed E-state index contributed by atoms with van der Waals surface area (Å²) < 4.78 is 60.9. The number of aliphatic imine (C=N–C) groups is 1. The van der Waals surface area contributed by atoms with Crippen LogP contribution in [0.3, 0.4) is 0 Å². The minimum absolute atomic E-state index is 0.00413. The molecule has 0 aliphatic carbocycles. The molecule has 0 radical (unpaired) electrons. The third-order valence-electron chi connectivity index (χ3n) is 20.1. The summed E-state index contributed by atoms with van der Waals surface area (Å²) in [6, 6.07) is 76.4. The molecule has 8 aromatic heterocycles. The molecule has 1 aliphatic heterocycles. The summed E-state index contributed by atoms with van der Waals surface area (Å²) in [5.41, 5.74) is 22.4. The quantitative estimate of drug-likeness (QED) is 0.0376. The Bertz CT molecular complexity index is 6510. The lowest BCUT2D eigenvalue weighted by atomic mass is 10.1. The molecule has 130 heavy (non-hydrogen) atoms. The number of ether oxygens (including phenoxy) is 6. The Labute approximate surface area is 761 Å². The van der Waals surface area contributed by atoms with Crippen LogP contribution in [0.1, 0.15) is 86.4 Å². The average Bonchev–Trinajstić information content (AvgIpc) is 1.66. The molecule has 18 rings (SSSR count). The number of hydrogen-bond acceptors (Lipinski definition) is 29. The van der Waals surface area contributed by atoms with Crippen molar-refractivity contribution < 1.29 is 61.2 Å². The number of likely N-dealkylation sites (N-methyl/N-ethyl adjacent to an activating group) is 1. The van der Waals surface area contributed by atoms with Gasteiger partial charge in [0.25, 0.3) is 29.5 Å². The van der Waals surface area contributed by atoms with Gasteiger partial charge in [0.15, 0.2) is 34.5 Å². The summed E-state index contributed by atoms with van der Waals surface area (Å²) >= 11 is 3.32. The van der Waals surface area contributed by atoms with Gasteiger partial charge in [0.1, 0.15) is 5.82 Å². The molecular formula is C101H100N14O13S2. The fraction of sp³-hybridized carbons (Fsp3) is 0.228. The number of hydrogen-bond donors (Lipinski definition) is 3. The number of aromatic nitrogens is 11. The molecule has 664 valence electrons. The van der Waals surface area contributed by atoms with Crippen molar-refractivity contribution in [3.8, 4) is 170 Å². The van der Waals surface area contributed by atoms with Gasteiger partial charge >= 0.3 is 0 Å². The van der Waals surface area contributed by atoms with Crippen molar-refractivity contribution in [1.29, 1.82) is 0 Å². The van der Waals surface area contributed by atoms with E-state index in [1.54, 1.807) is 41.0 Å². The van der Waals surface area contributed by atoms with Crippen molar-refractivity contribution in [2.45, 2.75) is 87.9 Å². The van der Waals surface area contributed by atoms with Crippen LogP contribution in [0.5, 0.6) is 34.5 Å². The summed E-state index contributed by atoms with van der Waals surface area (Å²) in [7, 11) is 4.15. The fourth-order valence-corrected chi connectivity index (χ4v) is 15.6. The lowest BCUT2D eigenvalue weighted by Gasteiger charge is -2.11. The van der Waals surface area contributed by atoms with Crippen LogP contribution >= 0.6 is 22.7 Å². The number of nitrogen functional groups attached to an aromatic ring is 1. The van der Waals surface area contributed by atoms with Crippen molar-refractivity contribution in [3.05, 3.63) is 275 Å².